The second-order valence-electron chi connectivity index (χ2n) is 6.92. The van der Waals surface area contributed by atoms with Crippen LogP contribution in [0.1, 0.15) is 5.56 Å². The Morgan fingerprint density at radius 1 is 0.839 bits per heavy atom. The Balaban J connectivity index is 1.38. The SMILES string of the molecule is O=C(COc1ccc(Br)cc1)Nc1ccccc1NC(=O)Cc1c[nH]c2ccccc12. The van der Waals surface area contributed by atoms with Crippen LogP contribution >= 0.6 is 15.9 Å². The van der Waals surface area contributed by atoms with Gasteiger partial charge in [-0.2, -0.15) is 0 Å². The second-order valence-corrected chi connectivity index (χ2v) is 7.84. The molecule has 7 heteroatoms. The van der Waals surface area contributed by atoms with Crippen molar-refractivity contribution in [3.8, 4) is 5.75 Å². The van der Waals surface area contributed by atoms with E-state index in [0.29, 0.717) is 17.1 Å². The molecule has 0 radical (unpaired) electrons. The van der Waals surface area contributed by atoms with Gasteiger partial charge in [-0.15, -0.1) is 0 Å². The van der Waals surface area contributed by atoms with Crippen molar-refractivity contribution in [2.24, 2.45) is 0 Å². The summed E-state index contributed by atoms with van der Waals surface area (Å²) < 4.78 is 6.44. The maximum atomic E-state index is 12.6. The number of halogens is 1. The number of hydrogen-bond acceptors (Lipinski definition) is 3. The quantitative estimate of drug-likeness (QED) is 0.345. The standard InChI is InChI=1S/C24H20BrN3O3/c25-17-9-11-18(12-10-17)31-15-24(30)28-22-8-4-3-7-21(22)27-23(29)13-16-14-26-20-6-2-1-5-19(16)20/h1-12,14,26H,13,15H2,(H,27,29)(H,28,30). The van der Waals surface area contributed by atoms with Crippen molar-refractivity contribution < 1.29 is 14.3 Å². The van der Waals surface area contributed by atoms with Crippen LogP contribution in [-0.2, 0) is 16.0 Å². The first-order valence-corrected chi connectivity index (χ1v) is 10.5. The van der Waals surface area contributed by atoms with Crippen LogP contribution < -0.4 is 15.4 Å². The number of aromatic nitrogens is 1. The molecule has 1 heterocycles. The highest BCUT2D eigenvalue weighted by atomic mass is 79.9. The minimum absolute atomic E-state index is 0.140. The first kappa shape index (κ1) is 20.7. The average molecular weight is 478 g/mol. The van der Waals surface area contributed by atoms with Gasteiger partial charge in [0, 0.05) is 21.6 Å². The summed E-state index contributed by atoms with van der Waals surface area (Å²) in [5, 5.41) is 6.70. The molecule has 6 nitrogen and oxygen atoms in total. The number of benzene rings is 3. The Morgan fingerprint density at radius 2 is 1.48 bits per heavy atom. The number of rotatable bonds is 7. The first-order valence-electron chi connectivity index (χ1n) is 9.70. The Kier molecular flexibility index (Phi) is 6.33. The molecule has 31 heavy (non-hydrogen) atoms. The highest BCUT2D eigenvalue weighted by Gasteiger charge is 2.12. The zero-order valence-electron chi connectivity index (χ0n) is 16.5. The van der Waals surface area contributed by atoms with Gasteiger partial charge in [0.25, 0.3) is 5.91 Å². The van der Waals surface area contributed by atoms with E-state index >= 15 is 0 Å². The molecule has 4 rings (SSSR count). The van der Waals surface area contributed by atoms with Crippen LogP contribution in [0.4, 0.5) is 11.4 Å². The lowest BCUT2D eigenvalue weighted by atomic mass is 10.1. The predicted octanol–water partition coefficient (Wildman–Crippen LogP) is 5.13. The molecule has 0 spiro atoms. The second kappa shape index (κ2) is 9.49. The number of ether oxygens (including phenoxy) is 1. The van der Waals surface area contributed by atoms with Crippen LogP contribution in [0, 0.1) is 0 Å². The Bertz CT molecular complexity index is 1220. The molecule has 156 valence electrons. The molecule has 0 unspecified atom stereocenters. The molecule has 0 atom stereocenters. The van der Waals surface area contributed by atoms with E-state index in [0.717, 1.165) is 20.9 Å². The van der Waals surface area contributed by atoms with Crippen molar-refractivity contribution in [2.75, 3.05) is 17.2 Å². The van der Waals surface area contributed by atoms with Gasteiger partial charge in [0.15, 0.2) is 6.61 Å². The fourth-order valence-electron chi connectivity index (χ4n) is 3.21. The molecule has 0 aliphatic carbocycles. The monoisotopic (exact) mass is 477 g/mol. The predicted molar refractivity (Wildman–Crippen MR) is 125 cm³/mol. The molecule has 3 aromatic carbocycles. The van der Waals surface area contributed by atoms with Gasteiger partial charge >= 0.3 is 0 Å². The number of nitrogens with one attached hydrogen (secondary N) is 3. The molecular formula is C24H20BrN3O3. The molecule has 0 bridgehead atoms. The van der Waals surface area contributed by atoms with Crippen molar-refractivity contribution in [3.05, 3.63) is 89.0 Å². The lowest BCUT2D eigenvalue weighted by molar-refractivity contribution is -0.118. The molecule has 2 amide bonds. The van der Waals surface area contributed by atoms with Gasteiger partial charge in [-0.25, -0.2) is 0 Å². The lowest BCUT2D eigenvalue weighted by Gasteiger charge is -2.13. The van der Waals surface area contributed by atoms with E-state index in [4.69, 9.17) is 4.74 Å². The number of fused-ring (bicyclic) bond motifs is 1. The van der Waals surface area contributed by atoms with Gasteiger partial charge < -0.3 is 20.4 Å². The molecule has 3 N–H and O–H groups in total. The first-order chi connectivity index (χ1) is 15.1. The van der Waals surface area contributed by atoms with Gasteiger partial charge in [-0.05, 0) is 48.0 Å². The average Bonchev–Trinajstić information content (AvgIpc) is 3.17. The number of amides is 2. The van der Waals surface area contributed by atoms with Gasteiger partial charge in [-0.1, -0.05) is 46.3 Å². The van der Waals surface area contributed by atoms with Crippen LogP contribution in [0.15, 0.2) is 83.5 Å². The fourth-order valence-corrected chi connectivity index (χ4v) is 3.48. The molecule has 1 aromatic heterocycles. The third kappa shape index (κ3) is 5.32. The number of aromatic amines is 1. The Morgan fingerprint density at radius 3 is 2.23 bits per heavy atom. The van der Waals surface area contributed by atoms with Crippen molar-refractivity contribution in [3.63, 3.8) is 0 Å². The van der Waals surface area contributed by atoms with Crippen LogP contribution in [0.5, 0.6) is 5.75 Å². The fraction of sp³-hybridized carbons (Fsp3) is 0.0833. The molecule has 0 aliphatic heterocycles. The molecule has 0 aliphatic rings. The topological polar surface area (TPSA) is 83.2 Å². The third-order valence-corrected chi connectivity index (χ3v) is 5.21. The maximum Gasteiger partial charge on any atom is 0.262 e. The van der Waals surface area contributed by atoms with Crippen LogP contribution in [0.2, 0.25) is 0 Å². The molecule has 0 saturated carbocycles. The number of carbonyl (C=O) groups excluding carboxylic acids is 2. The van der Waals surface area contributed by atoms with E-state index in [-0.39, 0.29) is 24.8 Å². The van der Waals surface area contributed by atoms with E-state index in [1.807, 2.05) is 42.6 Å². The zero-order valence-corrected chi connectivity index (χ0v) is 18.1. The zero-order chi connectivity index (χ0) is 21.6. The van der Waals surface area contributed by atoms with Crippen LogP contribution in [0.3, 0.4) is 0 Å². The van der Waals surface area contributed by atoms with Crippen LogP contribution in [-0.4, -0.2) is 23.4 Å². The Hall–Kier alpha value is -3.58. The highest BCUT2D eigenvalue weighted by Crippen LogP contribution is 2.23. The number of para-hydroxylation sites is 3. The van der Waals surface area contributed by atoms with Gasteiger partial charge in [0.1, 0.15) is 5.75 Å². The summed E-state index contributed by atoms with van der Waals surface area (Å²) in [7, 11) is 0. The molecule has 0 fully saturated rings. The lowest BCUT2D eigenvalue weighted by Crippen LogP contribution is -2.22. The smallest absolute Gasteiger partial charge is 0.262 e. The number of carbonyl (C=O) groups is 2. The van der Waals surface area contributed by atoms with E-state index < -0.39 is 0 Å². The summed E-state index contributed by atoms with van der Waals surface area (Å²) in [5.41, 5.74) is 2.95. The minimum Gasteiger partial charge on any atom is -0.484 e. The van der Waals surface area contributed by atoms with E-state index in [1.54, 1.807) is 36.4 Å². The largest absolute Gasteiger partial charge is 0.484 e. The summed E-state index contributed by atoms with van der Waals surface area (Å²) >= 11 is 3.36. The van der Waals surface area contributed by atoms with Crippen molar-refractivity contribution in [2.45, 2.75) is 6.42 Å². The van der Waals surface area contributed by atoms with E-state index in [1.165, 1.54) is 0 Å². The minimum atomic E-state index is -0.318. The van der Waals surface area contributed by atoms with Gasteiger partial charge in [0.05, 0.1) is 17.8 Å². The highest BCUT2D eigenvalue weighted by molar-refractivity contribution is 9.10. The summed E-state index contributed by atoms with van der Waals surface area (Å²) in [6.07, 6.45) is 2.07. The van der Waals surface area contributed by atoms with E-state index in [2.05, 4.69) is 31.5 Å². The van der Waals surface area contributed by atoms with Gasteiger partial charge in [0.2, 0.25) is 5.91 Å². The number of hydrogen-bond donors (Lipinski definition) is 3. The third-order valence-electron chi connectivity index (χ3n) is 4.68. The normalized spacial score (nSPS) is 10.6. The van der Waals surface area contributed by atoms with E-state index in [9.17, 15) is 9.59 Å². The maximum absolute atomic E-state index is 12.6. The summed E-state index contributed by atoms with van der Waals surface area (Å²) in [5.74, 6) is 0.109. The summed E-state index contributed by atoms with van der Waals surface area (Å²) in [6.45, 7) is -0.140. The molecular weight excluding hydrogens is 458 g/mol. The van der Waals surface area contributed by atoms with Gasteiger partial charge in [-0.3, -0.25) is 9.59 Å². The molecule has 0 saturated heterocycles. The van der Waals surface area contributed by atoms with Crippen LogP contribution in [0.25, 0.3) is 10.9 Å². The summed E-state index contributed by atoms with van der Waals surface area (Å²) in [6, 6.07) is 22.1. The van der Waals surface area contributed by atoms with Crippen molar-refractivity contribution >= 4 is 50.0 Å². The van der Waals surface area contributed by atoms with Crippen molar-refractivity contribution in [1.29, 1.82) is 0 Å². The van der Waals surface area contributed by atoms with Crippen molar-refractivity contribution in [1.82, 2.24) is 4.98 Å². The molecule has 4 aromatic rings. The summed E-state index contributed by atoms with van der Waals surface area (Å²) in [4.78, 5) is 28.1. The Labute approximate surface area is 187 Å². The number of H-pyrrole nitrogens is 1. The number of anilines is 2.